The van der Waals surface area contributed by atoms with Crippen molar-refractivity contribution in [2.45, 2.75) is 52.9 Å². The van der Waals surface area contributed by atoms with Crippen LogP contribution in [-0.4, -0.2) is 11.7 Å². The molecule has 3 nitrogen and oxygen atoms in total. The molecule has 0 bridgehead atoms. The minimum Gasteiger partial charge on any atom is -0.299 e. The first-order chi connectivity index (χ1) is 14.8. The Bertz CT molecular complexity index is 938. The Morgan fingerprint density at radius 2 is 1.65 bits per heavy atom. The lowest BCUT2D eigenvalue weighted by Crippen LogP contribution is -2.36. The summed E-state index contributed by atoms with van der Waals surface area (Å²) in [7, 11) is 0. The molecule has 3 rings (SSSR count). The number of ketones is 1. The number of benzene rings is 2. The Hall–Kier alpha value is -2.94. The summed E-state index contributed by atoms with van der Waals surface area (Å²) in [6.07, 6.45) is 12.1. The van der Waals surface area contributed by atoms with Gasteiger partial charge in [-0.25, -0.2) is 0 Å². The van der Waals surface area contributed by atoms with E-state index in [2.05, 4.69) is 12.2 Å². The highest BCUT2D eigenvalue weighted by molar-refractivity contribution is 5.98. The van der Waals surface area contributed by atoms with Gasteiger partial charge in [-0.3, -0.25) is 14.5 Å². The van der Waals surface area contributed by atoms with Crippen LogP contribution in [0, 0.1) is 10.8 Å². The molecule has 0 aromatic heterocycles. The summed E-state index contributed by atoms with van der Waals surface area (Å²) in [5, 5.41) is 0. The van der Waals surface area contributed by atoms with E-state index < -0.39 is 10.8 Å². The van der Waals surface area contributed by atoms with Crippen LogP contribution in [0.4, 0.5) is 5.69 Å². The largest absolute Gasteiger partial charge is 0.299 e. The van der Waals surface area contributed by atoms with Crippen LogP contribution < -0.4 is 4.90 Å². The van der Waals surface area contributed by atoms with E-state index in [1.54, 1.807) is 4.90 Å². The van der Waals surface area contributed by atoms with Crippen molar-refractivity contribution < 1.29 is 9.59 Å². The fourth-order valence-corrected chi connectivity index (χ4v) is 3.98. The maximum Gasteiger partial charge on any atom is 0.236 e. The number of amides is 1. The van der Waals surface area contributed by atoms with Gasteiger partial charge in [-0.15, -0.1) is 0 Å². The van der Waals surface area contributed by atoms with Gasteiger partial charge in [0.2, 0.25) is 5.91 Å². The average molecular weight is 416 g/mol. The minimum atomic E-state index is -0.508. The van der Waals surface area contributed by atoms with Gasteiger partial charge in [-0.05, 0) is 37.0 Å². The van der Waals surface area contributed by atoms with E-state index >= 15 is 0 Å². The van der Waals surface area contributed by atoms with Crippen LogP contribution in [0.3, 0.4) is 0 Å². The lowest BCUT2D eigenvalue weighted by molar-refractivity contribution is -0.128. The number of Topliss-reactive ketones (excluding diaryl/α,β-unsaturated/α-hetero) is 1. The van der Waals surface area contributed by atoms with Crippen molar-refractivity contribution in [2.75, 3.05) is 4.90 Å². The molecule has 0 radical (unpaired) electrons. The zero-order valence-electron chi connectivity index (χ0n) is 18.9. The molecular weight excluding hydrogens is 382 g/mol. The minimum absolute atomic E-state index is 0.0267. The summed E-state index contributed by atoms with van der Waals surface area (Å²) in [5.74, 6) is 0.322. The highest BCUT2D eigenvalue weighted by atomic mass is 16.2. The fraction of sp³-hybridized carbons (Fsp3) is 0.357. The summed E-state index contributed by atoms with van der Waals surface area (Å²) < 4.78 is 0. The van der Waals surface area contributed by atoms with E-state index in [0.29, 0.717) is 18.6 Å². The topological polar surface area (TPSA) is 37.4 Å². The first-order valence-electron chi connectivity index (χ1n) is 11.1. The van der Waals surface area contributed by atoms with Gasteiger partial charge in [-0.1, -0.05) is 94.0 Å². The smallest absolute Gasteiger partial charge is 0.236 e. The summed E-state index contributed by atoms with van der Waals surface area (Å²) in [4.78, 5) is 27.8. The number of hydrogen-bond acceptors (Lipinski definition) is 2. The lowest BCUT2D eigenvalue weighted by Gasteiger charge is -2.33. The molecule has 1 atom stereocenters. The van der Waals surface area contributed by atoms with Crippen LogP contribution in [-0.2, 0) is 9.59 Å². The van der Waals surface area contributed by atoms with Crippen LogP contribution in [0.5, 0.6) is 0 Å². The first-order valence-corrected chi connectivity index (χ1v) is 11.1. The summed E-state index contributed by atoms with van der Waals surface area (Å²) in [6, 6.07) is 19.8. The number of hydrogen-bond donors (Lipinski definition) is 0. The highest BCUT2D eigenvalue weighted by Crippen LogP contribution is 2.39. The van der Waals surface area contributed by atoms with E-state index in [-0.39, 0.29) is 5.91 Å². The highest BCUT2D eigenvalue weighted by Gasteiger charge is 2.36. The van der Waals surface area contributed by atoms with Crippen LogP contribution in [0.15, 0.2) is 79.0 Å². The normalized spacial score (nSPS) is 19.8. The van der Waals surface area contributed by atoms with Gasteiger partial charge in [0.15, 0.2) is 0 Å². The predicted octanol–water partition coefficient (Wildman–Crippen LogP) is 6.81. The predicted molar refractivity (Wildman–Crippen MR) is 129 cm³/mol. The lowest BCUT2D eigenvalue weighted by atomic mass is 9.70. The third kappa shape index (κ3) is 5.81. The van der Waals surface area contributed by atoms with E-state index in [1.165, 1.54) is 0 Å². The Morgan fingerprint density at radius 1 is 1.00 bits per heavy atom. The second-order valence-corrected chi connectivity index (χ2v) is 9.38. The fourth-order valence-electron chi connectivity index (χ4n) is 3.98. The number of para-hydroxylation sites is 1. The maximum atomic E-state index is 13.1. The SMILES string of the molecule is CC(C)(C)C(=O)N(/C=C/C[C@]1(/C=C\c2ccccc2)CCCCC1=O)c1ccccc1. The van der Waals surface area contributed by atoms with Gasteiger partial charge in [-0.2, -0.15) is 0 Å². The van der Waals surface area contributed by atoms with E-state index in [1.807, 2.05) is 93.7 Å². The number of allylic oxidation sites excluding steroid dienone is 2. The molecule has 2 aromatic carbocycles. The zero-order chi connectivity index (χ0) is 22.3. The van der Waals surface area contributed by atoms with E-state index in [9.17, 15) is 9.59 Å². The zero-order valence-corrected chi connectivity index (χ0v) is 18.9. The van der Waals surface area contributed by atoms with Crippen molar-refractivity contribution in [3.8, 4) is 0 Å². The van der Waals surface area contributed by atoms with Crippen molar-refractivity contribution in [1.29, 1.82) is 0 Å². The molecular formula is C28H33NO2. The Balaban J connectivity index is 1.87. The van der Waals surface area contributed by atoms with Crippen molar-refractivity contribution in [2.24, 2.45) is 10.8 Å². The first kappa shape index (κ1) is 22.7. The molecule has 1 aliphatic rings. The molecule has 0 unspecified atom stereocenters. The number of nitrogens with zero attached hydrogens (tertiary/aromatic N) is 1. The van der Waals surface area contributed by atoms with E-state index in [0.717, 1.165) is 30.5 Å². The second kappa shape index (κ2) is 9.91. The van der Waals surface area contributed by atoms with Crippen LogP contribution >= 0.6 is 0 Å². The van der Waals surface area contributed by atoms with Gasteiger partial charge in [0.1, 0.15) is 5.78 Å². The van der Waals surface area contributed by atoms with Crippen molar-refractivity contribution in [3.63, 3.8) is 0 Å². The Kier molecular flexibility index (Phi) is 7.27. The molecule has 1 aliphatic carbocycles. The summed E-state index contributed by atoms with van der Waals surface area (Å²) in [6.45, 7) is 5.77. The number of carbonyl (C=O) groups excluding carboxylic acids is 2. The van der Waals surface area contributed by atoms with Crippen molar-refractivity contribution >= 4 is 23.5 Å². The third-order valence-corrected chi connectivity index (χ3v) is 5.86. The molecule has 0 saturated heterocycles. The van der Waals surface area contributed by atoms with Crippen LogP contribution in [0.2, 0.25) is 0 Å². The molecule has 3 heteroatoms. The molecule has 0 N–H and O–H groups in total. The van der Waals surface area contributed by atoms with Gasteiger partial charge in [0.25, 0.3) is 0 Å². The molecule has 1 fully saturated rings. The maximum absolute atomic E-state index is 13.1. The van der Waals surface area contributed by atoms with Gasteiger partial charge < -0.3 is 0 Å². The van der Waals surface area contributed by atoms with Crippen molar-refractivity contribution in [3.05, 3.63) is 84.6 Å². The number of carbonyl (C=O) groups is 2. The van der Waals surface area contributed by atoms with Gasteiger partial charge in [0, 0.05) is 23.7 Å². The molecule has 0 spiro atoms. The second-order valence-electron chi connectivity index (χ2n) is 9.38. The third-order valence-electron chi connectivity index (χ3n) is 5.86. The summed E-state index contributed by atoms with van der Waals surface area (Å²) in [5.41, 5.74) is 0.921. The standard InChI is InChI=1S/C28H33NO2/c1-27(2,3)26(31)29(24-15-8-5-9-16-24)22-12-20-28(19-11-10-17-25(28)30)21-18-23-13-6-4-7-14-23/h4-9,12-16,18,21-22H,10-11,17,19-20H2,1-3H3/b21-18-,22-12+/t28-/m0/s1. The molecule has 162 valence electrons. The quantitative estimate of drug-likeness (QED) is 0.519. The molecule has 0 heterocycles. The molecule has 1 saturated carbocycles. The molecule has 0 aliphatic heterocycles. The van der Waals surface area contributed by atoms with E-state index in [4.69, 9.17) is 0 Å². The van der Waals surface area contributed by atoms with Crippen LogP contribution in [0.1, 0.15) is 58.4 Å². The Morgan fingerprint density at radius 3 is 2.26 bits per heavy atom. The average Bonchev–Trinajstić information content (AvgIpc) is 2.77. The Labute approximate surface area is 186 Å². The van der Waals surface area contributed by atoms with Crippen LogP contribution in [0.25, 0.3) is 6.08 Å². The van der Waals surface area contributed by atoms with Gasteiger partial charge >= 0.3 is 0 Å². The van der Waals surface area contributed by atoms with Crippen molar-refractivity contribution in [1.82, 2.24) is 0 Å². The molecule has 31 heavy (non-hydrogen) atoms. The summed E-state index contributed by atoms with van der Waals surface area (Å²) >= 11 is 0. The van der Waals surface area contributed by atoms with Gasteiger partial charge in [0.05, 0.1) is 5.41 Å². The monoisotopic (exact) mass is 415 g/mol. The molecule has 2 aromatic rings. The number of rotatable bonds is 6. The molecule has 1 amide bonds. The number of anilines is 1.